The number of hydrogen-bond donors (Lipinski definition) is 1. The molecule has 17 heavy (non-hydrogen) atoms. The van der Waals surface area contributed by atoms with Crippen LogP contribution in [0.3, 0.4) is 0 Å². The van der Waals surface area contributed by atoms with Gasteiger partial charge in [0.1, 0.15) is 0 Å². The number of benzene rings is 2. The fourth-order valence-corrected chi connectivity index (χ4v) is 3.08. The summed E-state index contributed by atoms with van der Waals surface area (Å²) in [6, 6.07) is 14.3. The van der Waals surface area contributed by atoms with Crippen LogP contribution < -0.4 is 5.32 Å². The molecule has 3 rings (SSSR count). The minimum Gasteiger partial charge on any atom is -0.329 e. The second kappa shape index (κ2) is 4.00. The van der Waals surface area contributed by atoms with Crippen molar-refractivity contribution in [2.45, 2.75) is 4.83 Å². The largest absolute Gasteiger partial charge is 0.329 e. The van der Waals surface area contributed by atoms with Gasteiger partial charge in [-0.3, -0.25) is 4.79 Å². The SMILES string of the molecule is O=CNc1ccc2c(c1)[C@@H](Br)c1ccccc1-2. The number of carbonyl (C=O) groups is 1. The molecule has 84 valence electrons. The zero-order valence-corrected chi connectivity index (χ0v) is 10.6. The lowest BCUT2D eigenvalue weighted by Gasteiger charge is -2.06. The summed E-state index contributed by atoms with van der Waals surface area (Å²) in [6.45, 7) is 0. The van der Waals surface area contributed by atoms with Crippen LogP contribution in [-0.2, 0) is 4.79 Å². The highest BCUT2D eigenvalue weighted by Gasteiger charge is 2.26. The van der Waals surface area contributed by atoms with Crippen LogP contribution in [0.25, 0.3) is 11.1 Å². The van der Waals surface area contributed by atoms with E-state index in [-0.39, 0.29) is 4.83 Å². The van der Waals surface area contributed by atoms with E-state index in [0.29, 0.717) is 6.41 Å². The Hall–Kier alpha value is -1.61. The Balaban J connectivity index is 2.17. The molecule has 0 fully saturated rings. The van der Waals surface area contributed by atoms with Crippen molar-refractivity contribution >= 4 is 28.0 Å². The summed E-state index contributed by atoms with van der Waals surface area (Å²) in [5.41, 5.74) is 5.82. The molecule has 1 amide bonds. The quantitative estimate of drug-likeness (QED) is 0.662. The average Bonchev–Trinajstić information content (AvgIpc) is 2.65. The molecule has 0 heterocycles. The first-order valence-corrected chi connectivity index (χ1v) is 6.30. The van der Waals surface area contributed by atoms with Crippen LogP contribution in [0.4, 0.5) is 5.69 Å². The molecule has 2 aromatic rings. The molecule has 0 unspecified atom stereocenters. The third-order valence-corrected chi connectivity index (χ3v) is 4.06. The molecule has 2 aromatic carbocycles. The number of alkyl halides is 1. The van der Waals surface area contributed by atoms with Crippen molar-refractivity contribution in [1.29, 1.82) is 0 Å². The van der Waals surface area contributed by atoms with E-state index in [1.54, 1.807) is 0 Å². The maximum atomic E-state index is 10.5. The smallest absolute Gasteiger partial charge is 0.211 e. The van der Waals surface area contributed by atoms with Gasteiger partial charge in [0.25, 0.3) is 0 Å². The molecule has 1 aliphatic rings. The Bertz CT molecular complexity index is 595. The van der Waals surface area contributed by atoms with Crippen molar-refractivity contribution < 1.29 is 4.79 Å². The van der Waals surface area contributed by atoms with Gasteiger partial charge in [-0.2, -0.15) is 0 Å². The van der Waals surface area contributed by atoms with Crippen molar-refractivity contribution in [3.05, 3.63) is 53.6 Å². The van der Waals surface area contributed by atoms with Gasteiger partial charge in [-0.25, -0.2) is 0 Å². The Morgan fingerprint density at radius 2 is 1.82 bits per heavy atom. The van der Waals surface area contributed by atoms with E-state index in [4.69, 9.17) is 0 Å². The highest BCUT2D eigenvalue weighted by atomic mass is 79.9. The molecule has 0 aliphatic heterocycles. The van der Waals surface area contributed by atoms with Crippen LogP contribution in [0.5, 0.6) is 0 Å². The monoisotopic (exact) mass is 287 g/mol. The second-order valence-corrected chi connectivity index (χ2v) is 4.93. The number of hydrogen-bond acceptors (Lipinski definition) is 1. The molecule has 0 saturated carbocycles. The molecule has 0 radical (unpaired) electrons. The van der Waals surface area contributed by atoms with Gasteiger partial charge in [0.15, 0.2) is 0 Å². The van der Waals surface area contributed by atoms with Gasteiger partial charge >= 0.3 is 0 Å². The van der Waals surface area contributed by atoms with E-state index < -0.39 is 0 Å². The summed E-state index contributed by atoms with van der Waals surface area (Å²) in [7, 11) is 0. The maximum Gasteiger partial charge on any atom is 0.211 e. The van der Waals surface area contributed by atoms with E-state index in [1.807, 2.05) is 24.3 Å². The number of halogens is 1. The van der Waals surface area contributed by atoms with Crippen molar-refractivity contribution in [2.75, 3.05) is 5.32 Å². The maximum absolute atomic E-state index is 10.5. The predicted octanol–water partition coefficient (Wildman–Crippen LogP) is 3.72. The van der Waals surface area contributed by atoms with Crippen LogP contribution in [0.15, 0.2) is 42.5 Å². The van der Waals surface area contributed by atoms with Gasteiger partial charge in [0.05, 0.1) is 4.83 Å². The molecule has 0 bridgehead atoms. The molecular formula is C14H10BrNO. The standard InChI is InChI=1S/C14H10BrNO/c15-14-12-4-2-1-3-10(12)11-6-5-9(16-8-17)7-13(11)14/h1-8,14H,(H,16,17)/t14-/m0/s1. The summed E-state index contributed by atoms with van der Waals surface area (Å²) in [4.78, 5) is 10.7. The second-order valence-electron chi connectivity index (χ2n) is 4.01. The lowest BCUT2D eigenvalue weighted by Crippen LogP contribution is -1.95. The van der Waals surface area contributed by atoms with E-state index in [0.717, 1.165) is 5.69 Å². The first kappa shape index (κ1) is 10.5. The number of carbonyl (C=O) groups excluding carboxylic acids is 1. The first-order valence-electron chi connectivity index (χ1n) is 5.39. The van der Waals surface area contributed by atoms with Crippen LogP contribution in [0.2, 0.25) is 0 Å². The fourth-order valence-electron chi connectivity index (χ4n) is 2.31. The van der Waals surface area contributed by atoms with E-state index >= 15 is 0 Å². The van der Waals surface area contributed by atoms with Gasteiger partial charge in [0.2, 0.25) is 6.41 Å². The zero-order chi connectivity index (χ0) is 11.8. The normalized spacial score (nSPS) is 16.2. The molecule has 0 saturated heterocycles. The van der Waals surface area contributed by atoms with Gasteiger partial charge < -0.3 is 5.32 Å². The van der Waals surface area contributed by atoms with Gasteiger partial charge in [-0.1, -0.05) is 46.3 Å². The fraction of sp³-hybridized carbons (Fsp3) is 0.0714. The van der Waals surface area contributed by atoms with Gasteiger partial charge in [0, 0.05) is 5.69 Å². The number of fused-ring (bicyclic) bond motifs is 3. The molecular weight excluding hydrogens is 278 g/mol. The third kappa shape index (κ3) is 1.58. The average molecular weight is 288 g/mol. The van der Waals surface area contributed by atoms with Crippen molar-refractivity contribution in [3.63, 3.8) is 0 Å². The summed E-state index contributed by atoms with van der Waals surface area (Å²) < 4.78 is 0. The molecule has 1 N–H and O–H groups in total. The molecule has 3 heteroatoms. The van der Waals surface area contributed by atoms with Crippen LogP contribution in [-0.4, -0.2) is 6.41 Å². The Labute approximate surface area is 108 Å². The Morgan fingerprint density at radius 1 is 1.06 bits per heavy atom. The molecule has 2 nitrogen and oxygen atoms in total. The van der Waals surface area contributed by atoms with E-state index in [1.165, 1.54) is 22.3 Å². The number of rotatable bonds is 2. The number of anilines is 1. The minimum atomic E-state index is 0.210. The number of amides is 1. The highest BCUT2D eigenvalue weighted by Crippen LogP contribution is 2.48. The highest BCUT2D eigenvalue weighted by molar-refractivity contribution is 9.09. The van der Waals surface area contributed by atoms with Crippen molar-refractivity contribution in [1.82, 2.24) is 0 Å². The lowest BCUT2D eigenvalue weighted by molar-refractivity contribution is -0.105. The molecule has 1 atom stereocenters. The minimum absolute atomic E-state index is 0.210. The lowest BCUT2D eigenvalue weighted by atomic mass is 10.1. The Kier molecular flexibility index (Phi) is 2.48. The molecule has 0 spiro atoms. The van der Waals surface area contributed by atoms with E-state index in [2.05, 4.69) is 39.4 Å². The zero-order valence-electron chi connectivity index (χ0n) is 8.98. The van der Waals surface area contributed by atoms with Crippen molar-refractivity contribution in [2.24, 2.45) is 0 Å². The molecule has 1 aliphatic carbocycles. The van der Waals surface area contributed by atoms with Crippen LogP contribution in [0, 0.1) is 0 Å². The summed E-state index contributed by atoms with van der Waals surface area (Å²) >= 11 is 3.70. The third-order valence-electron chi connectivity index (χ3n) is 3.07. The van der Waals surface area contributed by atoms with Gasteiger partial charge in [-0.05, 0) is 34.4 Å². The van der Waals surface area contributed by atoms with E-state index in [9.17, 15) is 4.79 Å². The summed E-state index contributed by atoms with van der Waals surface area (Å²) in [6.07, 6.45) is 0.701. The van der Waals surface area contributed by atoms with Crippen LogP contribution >= 0.6 is 15.9 Å². The van der Waals surface area contributed by atoms with Crippen LogP contribution in [0.1, 0.15) is 16.0 Å². The predicted molar refractivity (Wildman–Crippen MR) is 72.3 cm³/mol. The van der Waals surface area contributed by atoms with Gasteiger partial charge in [-0.15, -0.1) is 0 Å². The topological polar surface area (TPSA) is 29.1 Å². The summed E-state index contributed by atoms with van der Waals surface area (Å²) in [5.74, 6) is 0. The summed E-state index contributed by atoms with van der Waals surface area (Å²) in [5, 5.41) is 2.68. The first-order chi connectivity index (χ1) is 8.31. The molecule has 0 aromatic heterocycles. The Morgan fingerprint density at radius 3 is 2.65 bits per heavy atom. The number of nitrogens with one attached hydrogen (secondary N) is 1. The van der Waals surface area contributed by atoms with Crippen molar-refractivity contribution in [3.8, 4) is 11.1 Å².